The van der Waals surface area contributed by atoms with E-state index in [0.717, 1.165) is 25.7 Å². The smallest absolute Gasteiger partial charge is 0.236 e. The Morgan fingerprint density at radius 1 is 1.24 bits per heavy atom. The SMILES string of the molecule is CN(C)C(=O)CNCC1(O)CCC(C)(C)CC1. The summed E-state index contributed by atoms with van der Waals surface area (Å²) in [6, 6.07) is 0. The van der Waals surface area contributed by atoms with Gasteiger partial charge in [0.2, 0.25) is 5.91 Å². The minimum Gasteiger partial charge on any atom is -0.389 e. The normalized spacial score (nSPS) is 22.2. The molecule has 2 N–H and O–H groups in total. The average Bonchev–Trinajstić information content (AvgIpc) is 2.23. The Morgan fingerprint density at radius 3 is 2.24 bits per heavy atom. The fourth-order valence-electron chi connectivity index (χ4n) is 2.13. The first-order chi connectivity index (χ1) is 7.74. The fraction of sp³-hybridized carbons (Fsp3) is 0.923. The zero-order chi connectivity index (χ0) is 13.1. The van der Waals surface area contributed by atoms with Gasteiger partial charge in [0.1, 0.15) is 0 Å². The first-order valence-electron chi connectivity index (χ1n) is 6.37. The third-order valence-corrected chi connectivity index (χ3v) is 3.76. The molecule has 0 atom stereocenters. The average molecular weight is 242 g/mol. The Labute approximate surface area is 104 Å². The van der Waals surface area contributed by atoms with Crippen molar-refractivity contribution in [1.82, 2.24) is 10.2 Å². The molecule has 0 heterocycles. The van der Waals surface area contributed by atoms with E-state index in [1.165, 1.54) is 0 Å². The summed E-state index contributed by atoms with van der Waals surface area (Å²) in [4.78, 5) is 12.9. The number of hydrogen-bond donors (Lipinski definition) is 2. The van der Waals surface area contributed by atoms with E-state index in [4.69, 9.17) is 0 Å². The minimum absolute atomic E-state index is 0.0461. The summed E-state index contributed by atoms with van der Waals surface area (Å²) in [5.41, 5.74) is -0.270. The van der Waals surface area contributed by atoms with Crippen molar-refractivity contribution in [2.45, 2.75) is 45.1 Å². The van der Waals surface area contributed by atoms with Crippen LogP contribution in [0.2, 0.25) is 0 Å². The summed E-state index contributed by atoms with van der Waals surface area (Å²) in [7, 11) is 3.48. The Kier molecular flexibility index (Phi) is 4.55. The van der Waals surface area contributed by atoms with E-state index in [-0.39, 0.29) is 5.91 Å². The number of amides is 1. The molecule has 0 aromatic heterocycles. The third-order valence-electron chi connectivity index (χ3n) is 3.76. The molecule has 0 aromatic rings. The van der Waals surface area contributed by atoms with Crippen molar-refractivity contribution in [2.75, 3.05) is 27.2 Å². The van der Waals surface area contributed by atoms with Gasteiger partial charge < -0.3 is 15.3 Å². The highest BCUT2D eigenvalue weighted by atomic mass is 16.3. The number of nitrogens with zero attached hydrogens (tertiary/aromatic N) is 1. The van der Waals surface area contributed by atoms with Crippen LogP contribution in [-0.4, -0.2) is 48.7 Å². The van der Waals surface area contributed by atoms with Gasteiger partial charge in [-0.2, -0.15) is 0 Å². The molecular weight excluding hydrogens is 216 g/mol. The molecule has 1 rings (SSSR count). The van der Waals surface area contributed by atoms with E-state index in [1.807, 2.05) is 0 Å². The highest BCUT2D eigenvalue weighted by Gasteiger charge is 2.36. The number of carbonyl (C=O) groups is 1. The zero-order valence-electron chi connectivity index (χ0n) is 11.5. The molecule has 17 heavy (non-hydrogen) atoms. The largest absolute Gasteiger partial charge is 0.389 e. The molecular formula is C13H26N2O2. The maximum absolute atomic E-state index is 11.4. The zero-order valence-corrected chi connectivity index (χ0v) is 11.5. The van der Waals surface area contributed by atoms with Crippen molar-refractivity contribution < 1.29 is 9.90 Å². The molecule has 4 heteroatoms. The standard InChI is InChI=1S/C13H26N2O2/c1-12(2)5-7-13(17,8-6-12)10-14-9-11(16)15(3)4/h14,17H,5-10H2,1-4H3. The number of aliphatic hydroxyl groups is 1. The molecule has 0 aromatic carbocycles. The first kappa shape index (κ1) is 14.5. The van der Waals surface area contributed by atoms with Gasteiger partial charge in [-0.25, -0.2) is 0 Å². The van der Waals surface area contributed by atoms with Crippen molar-refractivity contribution in [3.05, 3.63) is 0 Å². The van der Waals surface area contributed by atoms with Crippen molar-refractivity contribution in [1.29, 1.82) is 0 Å². The second-order valence-corrected chi connectivity index (χ2v) is 6.28. The van der Waals surface area contributed by atoms with Crippen LogP contribution in [0.1, 0.15) is 39.5 Å². The summed E-state index contributed by atoms with van der Waals surface area (Å²) < 4.78 is 0. The van der Waals surface area contributed by atoms with Crippen LogP contribution in [0.25, 0.3) is 0 Å². The maximum Gasteiger partial charge on any atom is 0.236 e. The summed E-state index contributed by atoms with van der Waals surface area (Å²) >= 11 is 0. The minimum atomic E-state index is -0.623. The molecule has 0 radical (unpaired) electrons. The van der Waals surface area contributed by atoms with Gasteiger partial charge in [0, 0.05) is 20.6 Å². The predicted octanol–water partition coefficient (Wildman–Crippen LogP) is 0.995. The summed E-state index contributed by atoms with van der Waals surface area (Å²) in [6.45, 7) is 5.31. The van der Waals surface area contributed by atoms with Crippen LogP contribution < -0.4 is 5.32 Å². The van der Waals surface area contributed by atoms with E-state index in [2.05, 4.69) is 19.2 Å². The number of rotatable bonds is 4. The molecule has 0 saturated heterocycles. The van der Waals surface area contributed by atoms with Crippen molar-refractivity contribution in [3.63, 3.8) is 0 Å². The van der Waals surface area contributed by atoms with E-state index >= 15 is 0 Å². The molecule has 4 nitrogen and oxygen atoms in total. The van der Waals surface area contributed by atoms with Crippen LogP contribution in [0.15, 0.2) is 0 Å². The van der Waals surface area contributed by atoms with E-state index in [9.17, 15) is 9.90 Å². The second kappa shape index (κ2) is 5.36. The molecule has 1 aliphatic carbocycles. The maximum atomic E-state index is 11.4. The Hall–Kier alpha value is -0.610. The molecule has 0 spiro atoms. The molecule has 100 valence electrons. The van der Waals surface area contributed by atoms with Crippen LogP contribution in [0, 0.1) is 5.41 Å². The second-order valence-electron chi connectivity index (χ2n) is 6.28. The lowest BCUT2D eigenvalue weighted by molar-refractivity contribution is -0.128. The van der Waals surface area contributed by atoms with Gasteiger partial charge in [-0.3, -0.25) is 4.79 Å². The number of carbonyl (C=O) groups excluding carboxylic acids is 1. The quantitative estimate of drug-likeness (QED) is 0.773. The number of hydrogen-bond acceptors (Lipinski definition) is 3. The van der Waals surface area contributed by atoms with Crippen LogP contribution in [0.4, 0.5) is 0 Å². The molecule has 0 unspecified atom stereocenters. The Bertz CT molecular complexity index is 265. The van der Waals surface area contributed by atoms with Crippen molar-refractivity contribution >= 4 is 5.91 Å². The van der Waals surface area contributed by atoms with E-state index in [1.54, 1.807) is 19.0 Å². The van der Waals surface area contributed by atoms with Gasteiger partial charge >= 0.3 is 0 Å². The van der Waals surface area contributed by atoms with E-state index < -0.39 is 5.60 Å². The first-order valence-corrected chi connectivity index (χ1v) is 6.37. The summed E-state index contributed by atoms with van der Waals surface area (Å²) in [6.07, 6.45) is 3.74. The Balaban J connectivity index is 2.30. The molecule has 1 saturated carbocycles. The number of nitrogens with one attached hydrogen (secondary N) is 1. The van der Waals surface area contributed by atoms with Crippen molar-refractivity contribution in [2.24, 2.45) is 5.41 Å². The van der Waals surface area contributed by atoms with Crippen LogP contribution in [-0.2, 0) is 4.79 Å². The predicted molar refractivity (Wildman–Crippen MR) is 68.8 cm³/mol. The number of likely N-dealkylation sites (N-methyl/N-ethyl adjacent to an activating group) is 1. The van der Waals surface area contributed by atoms with Gasteiger partial charge in [-0.05, 0) is 31.1 Å². The third kappa shape index (κ3) is 4.64. The molecule has 0 bridgehead atoms. The lowest BCUT2D eigenvalue weighted by atomic mass is 9.71. The lowest BCUT2D eigenvalue weighted by Gasteiger charge is -2.40. The van der Waals surface area contributed by atoms with Gasteiger partial charge in [0.15, 0.2) is 0 Å². The summed E-state index contributed by atoms with van der Waals surface area (Å²) in [5, 5.41) is 13.4. The van der Waals surface area contributed by atoms with Gasteiger partial charge in [0.25, 0.3) is 0 Å². The molecule has 0 aliphatic heterocycles. The van der Waals surface area contributed by atoms with Gasteiger partial charge in [0.05, 0.1) is 12.1 Å². The molecule has 1 amide bonds. The fourth-order valence-corrected chi connectivity index (χ4v) is 2.13. The molecule has 1 aliphatic rings. The lowest BCUT2D eigenvalue weighted by Crippen LogP contribution is -2.47. The highest BCUT2D eigenvalue weighted by Crippen LogP contribution is 2.39. The van der Waals surface area contributed by atoms with Gasteiger partial charge in [-0.1, -0.05) is 13.8 Å². The van der Waals surface area contributed by atoms with Crippen molar-refractivity contribution in [3.8, 4) is 0 Å². The highest BCUT2D eigenvalue weighted by molar-refractivity contribution is 5.77. The summed E-state index contributed by atoms with van der Waals surface area (Å²) in [5.74, 6) is 0.0461. The van der Waals surface area contributed by atoms with Crippen LogP contribution in [0.3, 0.4) is 0 Å². The van der Waals surface area contributed by atoms with Gasteiger partial charge in [-0.15, -0.1) is 0 Å². The molecule has 1 fully saturated rings. The monoisotopic (exact) mass is 242 g/mol. The topological polar surface area (TPSA) is 52.6 Å². The van der Waals surface area contributed by atoms with Crippen LogP contribution in [0.5, 0.6) is 0 Å². The Morgan fingerprint density at radius 2 is 1.76 bits per heavy atom. The van der Waals surface area contributed by atoms with Crippen LogP contribution >= 0.6 is 0 Å². The van der Waals surface area contributed by atoms with E-state index in [0.29, 0.717) is 18.5 Å².